The zero-order valence-electron chi connectivity index (χ0n) is 19.0. The van der Waals surface area contributed by atoms with Crippen molar-refractivity contribution in [3.05, 3.63) is 83.4 Å². The predicted molar refractivity (Wildman–Crippen MR) is 127 cm³/mol. The fourth-order valence-corrected chi connectivity index (χ4v) is 4.03. The Morgan fingerprint density at radius 2 is 1.58 bits per heavy atom. The van der Waals surface area contributed by atoms with Gasteiger partial charge in [0.05, 0.1) is 0 Å². The zero-order chi connectivity index (χ0) is 19.9. The molecule has 1 unspecified atom stereocenters. The van der Waals surface area contributed by atoms with Gasteiger partial charge in [0.25, 0.3) is 0 Å². The monoisotopic (exact) mass is 544 g/mol. The van der Waals surface area contributed by atoms with E-state index >= 15 is 0 Å². The average molecular weight is 547 g/mol. The first-order valence-electron chi connectivity index (χ1n) is 10.6. The summed E-state index contributed by atoms with van der Waals surface area (Å²) in [4.78, 5) is 0. The summed E-state index contributed by atoms with van der Waals surface area (Å²) in [6.45, 7) is 8.84. The quantitative estimate of drug-likeness (QED) is 0.266. The summed E-state index contributed by atoms with van der Waals surface area (Å²) < 4.78 is 0. The van der Waals surface area contributed by atoms with E-state index in [4.69, 9.17) is 0 Å². The van der Waals surface area contributed by atoms with Gasteiger partial charge in [0, 0.05) is 9.52 Å². The molecule has 0 bridgehead atoms. The third-order valence-electron chi connectivity index (χ3n) is 5.71. The molecule has 0 heterocycles. The Morgan fingerprint density at radius 1 is 0.935 bits per heavy atom. The molecule has 162 valence electrons. The molecule has 0 N–H and O–H groups in total. The molecule has 31 heavy (non-hydrogen) atoms. The van der Waals surface area contributed by atoms with Crippen molar-refractivity contribution in [2.75, 3.05) is 0 Å². The molecule has 1 aliphatic rings. The Morgan fingerprint density at radius 3 is 2.26 bits per heavy atom. The maximum atomic E-state index is 2.36. The number of hydrogen-bond acceptors (Lipinski definition) is 0. The van der Waals surface area contributed by atoms with E-state index < -0.39 is 0 Å². The van der Waals surface area contributed by atoms with Gasteiger partial charge in [-0.2, -0.15) is 17.7 Å². The van der Waals surface area contributed by atoms with Crippen LogP contribution in [-0.4, -0.2) is 9.52 Å². The van der Waals surface area contributed by atoms with Crippen LogP contribution in [0.25, 0.3) is 21.5 Å². The van der Waals surface area contributed by atoms with Crippen LogP contribution in [0.2, 0.25) is 13.1 Å². The van der Waals surface area contributed by atoms with E-state index in [0.717, 1.165) is 9.52 Å². The number of benzene rings is 2. The third kappa shape index (κ3) is 7.71. The summed E-state index contributed by atoms with van der Waals surface area (Å²) in [6, 6.07) is 24.4. The van der Waals surface area contributed by atoms with Crippen molar-refractivity contribution in [1.29, 1.82) is 0 Å². The summed E-state index contributed by atoms with van der Waals surface area (Å²) in [5.74, 6) is 0.680. The minimum atomic E-state index is 0. The normalized spacial score (nSPS) is 12.1. The largest absolute Gasteiger partial charge is 4.00 e. The minimum absolute atomic E-state index is 0. The van der Waals surface area contributed by atoms with Crippen LogP contribution in [0, 0.1) is 0 Å². The van der Waals surface area contributed by atoms with Crippen molar-refractivity contribution in [2.24, 2.45) is 0 Å². The number of aryl methyl sites for hydroxylation is 2. The molecule has 2 radical (unpaired) electrons. The summed E-state index contributed by atoms with van der Waals surface area (Å²) in [5, 5.41) is 5.63. The van der Waals surface area contributed by atoms with Gasteiger partial charge in [-0.1, -0.05) is 56.5 Å². The maximum absolute atomic E-state index is 2.36. The predicted octanol–water partition coefficient (Wildman–Crippen LogP) is 1.91. The van der Waals surface area contributed by atoms with Crippen molar-refractivity contribution in [3.8, 4) is 0 Å². The summed E-state index contributed by atoms with van der Waals surface area (Å²) in [5.41, 5.74) is 4.65. The minimum Gasteiger partial charge on any atom is -1.00 e. The van der Waals surface area contributed by atoms with Crippen molar-refractivity contribution in [1.82, 2.24) is 0 Å². The van der Waals surface area contributed by atoms with Gasteiger partial charge < -0.3 is 24.8 Å². The summed E-state index contributed by atoms with van der Waals surface area (Å²) in [7, 11) is 1.08. The van der Waals surface area contributed by atoms with E-state index in [-0.39, 0.29) is 51.0 Å². The van der Waals surface area contributed by atoms with Gasteiger partial charge >= 0.3 is 26.2 Å². The Labute approximate surface area is 222 Å². The molecule has 1 aliphatic carbocycles. The van der Waals surface area contributed by atoms with Gasteiger partial charge in [-0.05, 0) is 19.3 Å². The smallest absolute Gasteiger partial charge is 1.00 e. The average Bonchev–Trinajstić information content (AvgIpc) is 3.45. The van der Waals surface area contributed by atoms with Gasteiger partial charge in [-0.3, -0.25) is 0 Å². The first-order valence-corrected chi connectivity index (χ1v) is 12.6. The van der Waals surface area contributed by atoms with E-state index in [1.807, 2.05) is 0 Å². The molecule has 4 heteroatoms. The van der Waals surface area contributed by atoms with E-state index in [9.17, 15) is 0 Å². The number of hydrogen-bond donors (Lipinski definition) is 0. The molecule has 0 saturated carbocycles. The van der Waals surface area contributed by atoms with Gasteiger partial charge in [0.2, 0.25) is 0 Å². The molecule has 0 aromatic heterocycles. The van der Waals surface area contributed by atoms with E-state index in [1.54, 1.807) is 11.1 Å². The van der Waals surface area contributed by atoms with Crippen LogP contribution in [0.1, 0.15) is 49.3 Å². The summed E-state index contributed by atoms with van der Waals surface area (Å²) >= 11 is 0. The Kier molecular flexibility index (Phi) is 14.9. The standard InChI is InChI=1S/C13H15.C12H11.C2H6Si.2ClH.Zr/c1-3-10(2)12-9-8-11-6-4-5-7-13(11)12;1-3-9-7-11-5-2-6-12(11)8-10(9)4-1;1-3-2;;;/h4-10H,3H2,1-2H3;1,3-4,7-8H,2,5-6H2;1-2H3;2*1H;/q2*-1;;;;+4/p-2. The van der Waals surface area contributed by atoms with E-state index in [0.29, 0.717) is 5.92 Å². The Hall–Kier alpha value is -0.660. The fourth-order valence-electron chi connectivity index (χ4n) is 4.03. The molecule has 0 fully saturated rings. The number of fused-ring (bicyclic) bond motifs is 3. The van der Waals surface area contributed by atoms with Gasteiger partial charge in [-0.25, -0.2) is 0 Å². The first-order chi connectivity index (χ1) is 13.7. The molecule has 0 spiro atoms. The second kappa shape index (κ2) is 15.2. The zero-order valence-corrected chi connectivity index (χ0v) is 24.0. The van der Waals surface area contributed by atoms with Crippen molar-refractivity contribution < 1.29 is 51.0 Å². The molecule has 0 saturated heterocycles. The summed E-state index contributed by atoms with van der Waals surface area (Å²) in [6.07, 6.45) is 5.14. The van der Waals surface area contributed by atoms with Crippen LogP contribution >= 0.6 is 0 Å². The van der Waals surface area contributed by atoms with Crippen LogP contribution in [0.5, 0.6) is 0 Å². The van der Waals surface area contributed by atoms with Crippen molar-refractivity contribution >= 4 is 31.1 Å². The molecular formula is C27H32Cl2SiZr. The molecule has 0 amide bonds. The van der Waals surface area contributed by atoms with Crippen LogP contribution in [0.3, 0.4) is 0 Å². The molecule has 0 aliphatic heterocycles. The second-order valence-corrected chi connectivity index (χ2v) is 8.81. The van der Waals surface area contributed by atoms with Crippen LogP contribution in [-0.2, 0) is 39.0 Å². The van der Waals surface area contributed by atoms with E-state index in [2.05, 4.69) is 93.7 Å². The maximum Gasteiger partial charge on any atom is 4.00 e. The molecule has 4 aromatic carbocycles. The van der Waals surface area contributed by atoms with Crippen molar-refractivity contribution in [3.63, 3.8) is 0 Å². The molecular weight excluding hydrogens is 515 g/mol. The molecule has 4 aromatic rings. The molecule has 1 atom stereocenters. The topological polar surface area (TPSA) is 0 Å². The first kappa shape index (κ1) is 30.3. The fraction of sp³-hybridized carbons (Fsp3) is 0.333. The van der Waals surface area contributed by atoms with Crippen LogP contribution < -0.4 is 24.8 Å². The second-order valence-electron chi connectivity index (χ2n) is 7.81. The van der Waals surface area contributed by atoms with Crippen LogP contribution in [0.15, 0.2) is 66.7 Å². The third-order valence-corrected chi connectivity index (χ3v) is 5.71. The van der Waals surface area contributed by atoms with E-state index in [1.165, 1.54) is 52.8 Å². The van der Waals surface area contributed by atoms with Gasteiger partial charge in [0.1, 0.15) is 0 Å². The van der Waals surface area contributed by atoms with Gasteiger partial charge in [0.15, 0.2) is 0 Å². The molecule has 0 nitrogen and oxygen atoms in total. The Bertz CT molecular complexity index is 980. The SMILES string of the molecule is CCC(C)c1c[cH-]c2ccccc12.C[Si]C.[Cl-].[Cl-].[Zr+4].c1cc2cc3c(cc2[cH-]1)CCC3. The van der Waals surface area contributed by atoms with Gasteiger partial charge in [-0.15, -0.1) is 70.1 Å². The van der Waals surface area contributed by atoms with Crippen LogP contribution in [0.4, 0.5) is 0 Å². The Balaban J connectivity index is 0.000000476. The molecule has 5 rings (SSSR count). The number of halogens is 2. The number of rotatable bonds is 2. The van der Waals surface area contributed by atoms with Crippen molar-refractivity contribution in [2.45, 2.75) is 58.5 Å².